The minimum atomic E-state index is -1.61. The molecule has 1 aromatic carbocycles. The highest BCUT2D eigenvalue weighted by Crippen LogP contribution is 2.41. The molecule has 0 atom stereocenters. The fraction of sp³-hybridized carbons (Fsp3) is 0.412. The van der Waals surface area contributed by atoms with E-state index in [-0.39, 0.29) is 24.0 Å². The van der Waals surface area contributed by atoms with Crippen molar-refractivity contribution in [1.82, 2.24) is 0 Å². The lowest BCUT2D eigenvalue weighted by Crippen LogP contribution is -2.42. The third-order valence-electron chi connectivity index (χ3n) is 4.29. The second-order valence-electron chi connectivity index (χ2n) is 5.56. The molecule has 1 aliphatic carbocycles. The average Bonchev–Trinajstić information content (AvgIpc) is 3.04. The van der Waals surface area contributed by atoms with Crippen LogP contribution in [-0.4, -0.2) is 52.3 Å². The molecule has 0 aromatic heterocycles. The van der Waals surface area contributed by atoms with Crippen LogP contribution in [0.4, 0.5) is 0 Å². The first kappa shape index (κ1) is 18.4. The van der Waals surface area contributed by atoms with E-state index in [0.717, 1.165) is 14.2 Å². The summed E-state index contributed by atoms with van der Waals surface area (Å²) in [6.45, 7) is 0. The van der Waals surface area contributed by atoms with Crippen molar-refractivity contribution in [3.8, 4) is 0 Å². The van der Waals surface area contributed by atoms with Crippen molar-refractivity contribution in [2.24, 2.45) is 5.41 Å². The first-order chi connectivity index (χ1) is 11.8. The van der Waals surface area contributed by atoms with Gasteiger partial charge in [-0.05, 0) is 29.7 Å². The van der Waals surface area contributed by atoms with E-state index < -0.39 is 29.3 Å². The molecular formula is C17H18O8. The maximum absolute atomic E-state index is 12.3. The van der Waals surface area contributed by atoms with E-state index in [1.807, 2.05) is 0 Å². The van der Waals surface area contributed by atoms with E-state index in [1.54, 1.807) is 0 Å². The number of carbonyl (C=O) groups is 4. The second-order valence-corrected chi connectivity index (χ2v) is 5.56. The number of carbonyl (C=O) groups excluding carboxylic acids is 4. The Bertz CT molecular complexity index is 733. The van der Waals surface area contributed by atoms with Crippen molar-refractivity contribution in [2.75, 3.05) is 28.4 Å². The molecule has 2 rings (SSSR count). The predicted molar refractivity (Wildman–Crippen MR) is 83.0 cm³/mol. The van der Waals surface area contributed by atoms with E-state index in [4.69, 9.17) is 14.2 Å². The van der Waals surface area contributed by atoms with Crippen molar-refractivity contribution < 1.29 is 38.1 Å². The summed E-state index contributed by atoms with van der Waals surface area (Å²) in [6.07, 6.45) is -0.149. The predicted octanol–water partition coefficient (Wildman–Crippen LogP) is 0.691. The summed E-state index contributed by atoms with van der Waals surface area (Å²) in [5, 5.41) is 0. The topological polar surface area (TPSA) is 105 Å². The van der Waals surface area contributed by atoms with Crippen LogP contribution in [0.25, 0.3) is 0 Å². The van der Waals surface area contributed by atoms with Crippen molar-refractivity contribution >= 4 is 23.9 Å². The first-order valence-corrected chi connectivity index (χ1v) is 7.33. The van der Waals surface area contributed by atoms with Crippen LogP contribution in [-0.2, 0) is 41.4 Å². The molecule has 0 N–H and O–H groups in total. The summed E-state index contributed by atoms with van der Waals surface area (Å²) in [5.74, 6) is -2.88. The molecule has 134 valence electrons. The number of fused-ring (bicyclic) bond motifs is 1. The van der Waals surface area contributed by atoms with Crippen LogP contribution in [0.15, 0.2) is 12.1 Å². The molecule has 25 heavy (non-hydrogen) atoms. The van der Waals surface area contributed by atoms with E-state index >= 15 is 0 Å². The molecule has 0 aliphatic heterocycles. The van der Waals surface area contributed by atoms with Gasteiger partial charge in [-0.25, -0.2) is 9.59 Å². The van der Waals surface area contributed by atoms with Gasteiger partial charge in [0, 0.05) is 6.42 Å². The second kappa shape index (κ2) is 6.92. The van der Waals surface area contributed by atoms with Gasteiger partial charge in [-0.1, -0.05) is 0 Å². The van der Waals surface area contributed by atoms with Gasteiger partial charge in [0.25, 0.3) is 0 Å². The Morgan fingerprint density at radius 1 is 0.800 bits per heavy atom. The first-order valence-electron chi connectivity index (χ1n) is 7.33. The van der Waals surface area contributed by atoms with Crippen molar-refractivity contribution in [2.45, 2.75) is 12.8 Å². The summed E-state index contributed by atoms with van der Waals surface area (Å²) in [4.78, 5) is 48.6. The zero-order chi connectivity index (χ0) is 18.8. The van der Waals surface area contributed by atoms with Crippen LogP contribution >= 0.6 is 0 Å². The Hall–Kier alpha value is -2.90. The molecule has 0 bridgehead atoms. The number of hydrogen-bond acceptors (Lipinski definition) is 8. The monoisotopic (exact) mass is 350 g/mol. The fourth-order valence-electron chi connectivity index (χ4n) is 3.08. The zero-order valence-electron chi connectivity index (χ0n) is 14.3. The highest BCUT2D eigenvalue weighted by atomic mass is 16.5. The van der Waals surface area contributed by atoms with Gasteiger partial charge in [0.1, 0.15) is 0 Å². The highest BCUT2D eigenvalue weighted by Gasteiger charge is 2.53. The summed E-state index contributed by atoms with van der Waals surface area (Å²) >= 11 is 0. The number of ether oxygens (including phenoxy) is 4. The van der Waals surface area contributed by atoms with Gasteiger partial charge < -0.3 is 18.9 Å². The standard InChI is InChI=1S/C17H18O8/c1-22-13(18)9-5-10-7-17(15(20)24-3,16(21)25-4)8-12(10)11(6-9)14(19)23-2/h5-6H,7-8H2,1-4H3. The highest BCUT2D eigenvalue weighted by molar-refractivity contribution is 6.03. The van der Waals surface area contributed by atoms with E-state index in [1.165, 1.54) is 26.4 Å². The summed E-state index contributed by atoms with van der Waals surface area (Å²) < 4.78 is 19.0. The van der Waals surface area contributed by atoms with Crippen molar-refractivity contribution in [3.63, 3.8) is 0 Å². The van der Waals surface area contributed by atoms with Gasteiger partial charge in [-0.3, -0.25) is 9.59 Å². The fourth-order valence-corrected chi connectivity index (χ4v) is 3.08. The number of esters is 4. The van der Waals surface area contributed by atoms with Crippen LogP contribution in [0.2, 0.25) is 0 Å². The number of rotatable bonds is 4. The quantitative estimate of drug-likeness (QED) is 0.444. The van der Waals surface area contributed by atoms with Gasteiger partial charge in [0.05, 0.1) is 39.6 Å². The smallest absolute Gasteiger partial charge is 0.338 e. The molecule has 0 fully saturated rings. The molecule has 1 aromatic rings. The summed E-state index contributed by atoms with van der Waals surface area (Å²) in [6, 6.07) is 2.81. The Kier molecular flexibility index (Phi) is 5.10. The normalized spacial score (nSPS) is 14.2. The Labute approximate surface area is 144 Å². The van der Waals surface area contributed by atoms with Crippen molar-refractivity contribution in [1.29, 1.82) is 0 Å². The lowest BCUT2D eigenvalue weighted by atomic mass is 9.84. The van der Waals surface area contributed by atoms with Crippen LogP contribution < -0.4 is 0 Å². The van der Waals surface area contributed by atoms with Gasteiger partial charge in [0.15, 0.2) is 5.41 Å². The third-order valence-corrected chi connectivity index (χ3v) is 4.29. The Morgan fingerprint density at radius 2 is 1.36 bits per heavy atom. The Morgan fingerprint density at radius 3 is 1.84 bits per heavy atom. The zero-order valence-corrected chi connectivity index (χ0v) is 14.3. The summed E-state index contributed by atoms with van der Waals surface area (Å²) in [5.41, 5.74) is -0.472. The van der Waals surface area contributed by atoms with Crippen LogP contribution in [0.1, 0.15) is 31.8 Å². The Balaban J connectivity index is 2.65. The van der Waals surface area contributed by atoms with E-state index in [0.29, 0.717) is 11.1 Å². The van der Waals surface area contributed by atoms with Gasteiger partial charge in [-0.2, -0.15) is 0 Å². The molecule has 8 nitrogen and oxygen atoms in total. The lowest BCUT2D eigenvalue weighted by molar-refractivity contribution is -0.168. The lowest BCUT2D eigenvalue weighted by Gasteiger charge is -2.22. The number of methoxy groups -OCH3 is 4. The molecule has 0 spiro atoms. The maximum Gasteiger partial charge on any atom is 0.338 e. The number of hydrogen-bond donors (Lipinski definition) is 0. The van der Waals surface area contributed by atoms with Gasteiger partial charge >= 0.3 is 23.9 Å². The molecule has 0 saturated carbocycles. The SMILES string of the molecule is COC(=O)c1cc2c(c(C(=O)OC)c1)CC(C(=O)OC)(C(=O)OC)C2. The molecule has 0 heterocycles. The number of benzene rings is 1. The molecule has 0 radical (unpaired) electrons. The molecule has 8 heteroatoms. The minimum Gasteiger partial charge on any atom is -0.468 e. The molecule has 0 saturated heterocycles. The molecular weight excluding hydrogens is 332 g/mol. The minimum absolute atomic E-state index is 0.0590. The van der Waals surface area contributed by atoms with Crippen LogP contribution in [0, 0.1) is 5.41 Å². The van der Waals surface area contributed by atoms with E-state index in [9.17, 15) is 19.2 Å². The summed E-state index contributed by atoms with van der Waals surface area (Å²) in [7, 11) is 4.73. The molecule has 1 aliphatic rings. The van der Waals surface area contributed by atoms with Crippen molar-refractivity contribution in [3.05, 3.63) is 34.4 Å². The largest absolute Gasteiger partial charge is 0.468 e. The van der Waals surface area contributed by atoms with Crippen LogP contribution in [0.3, 0.4) is 0 Å². The van der Waals surface area contributed by atoms with Gasteiger partial charge in [0.2, 0.25) is 0 Å². The maximum atomic E-state index is 12.3. The van der Waals surface area contributed by atoms with Gasteiger partial charge in [-0.15, -0.1) is 0 Å². The third kappa shape index (κ3) is 2.95. The van der Waals surface area contributed by atoms with E-state index in [2.05, 4.69) is 4.74 Å². The average molecular weight is 350 g/mol. The van der Waals surface area contributed by atoms with Crippen LogP contribution in [0.5, 0.6) is 0 Å². The molecule has 0 unspecified atom stereocenters. The molecule has 0 amide bonds.